The zero-order valence-electron chi connectivity index (χ0n) is 9.16. The standard InChI is InChI=1S/C10H18N2O2S/c1-8-4-15-9(12-8)3-11-5-10(2,6-13)7-14/h4,11,13-14H,3,5-7H2,1-2H3. The Morgan fingerprint density at radius 2 is 2.13 bits per heavy atom. The summed E-state index contributed by atoms with van der Waals surface area (Å²) in [5.41, 5.74) is 0.579. The average molecular weight is 230 g/mol. The number of aliphatic hydroxyl groups excluding tert-OH is 2. The highest BCUT2D eigenvalue weighted by molar-refractivity contribution is 7.09. The van der Waals surface area contributed by atoms with Crippen LogP contribution in [0.4, 0.5) is 0 Å². The minimum atomic E-state index is -0.452. The third-order valence-electron chi connectivity index (χ3n) is 2.26. The molecule has 0 saturated carbocycles. The van der Waals surface area contributed by atoms with Crippen LogP contribution < -0.4 is 5.32 Å². The van der Waals surface area contributed by atoms with Gasteiger partial charge in [0.2, 0.25) is 0 Å². The molecular weight excluding hydrogens is 212 g/mol. The summed E-state index contributed by atoms with van der Waals surface area (Å²) in [6.45, 7) is 5.03. The van der Waals surface area contributed by atoms with Crippen LogP contribution >= 0.6 is 11.3 Å². The van der Waals surface area contributed by atoms with E-state index in [1.165, 1.54) is 0 Å². The first-order valence-corrected chi connectivity index (χ1v) is 5.81. The second kappa shape index (κ2) is 5.55. The van der Waals surface area contributed by atoms with Gasteiger partial charge in [-0.25, -0.2) is 4.98 Å². The van der Waals surface area contributed by atoms with Gasteiger partial charge in [-0.2, -0.15) is 0 Å². The SMILES string of the molecule is Cc1csc(CNCC(C)(CO)CO)n1. The van der Waals surface area contributed by atoms with E-state index in [-0.39, 0.29) is 13.2 Å². The van der Waals surface area contributed by atoms with Crippen molar-refractivity contribution >= 4 is 11.3 Å². The topological polar surface area (TPSA) is 65.4 Å². The average Bonchev–Trinajstić information content (AvgIpc) is 2.64. The summed E-state index contributed by atoms with van der Waals surface area (Å²) in [6.07, 6.45) is 0. The summed E-state index contributed by atoms with van der Waals surface area (Å²) in [5.74, 6) is 0. The maximum Gasteiger partial charge on any atom is 0.107 e. The monoisotopic (exact) mass is 230 g/mol. The molecule has 1 rings (SSSR count). The van der Waals surface area contributed by atoms with Crippen molar-refractivity contribution in [1.82, 2.24) is 10.3 Å². The van der Waals surface area contributed by atoms with Crippen LogP contribution in [0, 0.1) is 12.3 Å². The van der Waals surface area contributed by atoms with Crippen LogP contribution in [-0.2, 0) is 6.54 Å². The molecule has 0 spiro atoms. The summed E-state index contributed by atoms with van der Waals surface area (Å²) in [5, 5.41) is 24.4. The summed E-state index contributed by atoms with van der Waals surface area (Å²) >= 11 is 1.62. The predicted molar refractivity (Wildman–Crippen MR) is 60.8 cm³/mol. The Hall–Kier alpha value is -0.490. The lowest BCUT2D eigenvalue weighted by Crippen LogP contribution is -2.37. The van der Waals surface area contributed by atoms with Crippen molar-refractivity contribution in [2.24, 2.45) is 5.41 Å². The Kier molecular flexibility index (Phi) is 4.66. The Balaban J connectivity index is 2.32. The first-order valence-electron chi connectivity index (χ1n) is 4.93. The van der Waals surface area contributed by atoms with Crippen LogP contribution in [-0.4, -0.2) is 35.0 Å². The Bertz CT molecular complexity index is 297. The van der Waals surface area contributed by atoms with E-state index in [1.807, 2.05) is 19.2 Å². The molecule has 0 aliphatic carbocycles. The molecule has 0 fully saturated rings. The van der Waals surface area contributed by atoms with E-state index in [4.69, 9.17) is 10.2 Å². The first-order chi connectivity index (χ1) is 7.09. The molecular formula is C10H18N2O2S. The fourth-order valence-electron chi connectivity index (χ4n) is 1.12. The van der Waals surface area contributed by atoms with Gasteiger partial charge in [0.25, 0.3) is 0 Å². The maximum absolute atomic E-state index is 9.07. The van der Waals surface area contributed by atoms with Crippen molar-refractivity contribution in [1.29, 1.82) is 0 Å². The number of aromatic nitrogens is 1. The Morgan fingerprint density at radius 1 is 1.47 bits per heavy atom. The van der Waals surface area contributed by atoms with Crippen LogP contribution in [0.15, 0.2) is 5.38 Å². The molecule has 4 nitrogen and oxygen atoms in total. The number of hydrogen-bond acceptors (Lipinski definition) is 5. The lowest BCUT2D eigenvalue weighted by molar-refractivity contribution is 0.0695. The van der Waals surface area contributed by atoms with E-state index in [1.54, 1.807) is 11.3 Å². The third kappa shape index (κ3) is 3.87. The van der Waals surface area contributed by atoms with Gasteiger partial charge in [0.15, 0.2) is 0 Å². The van der Waals surface area contributed by atoms with Crippen molar-refractivity contribution < 1.29 is 10.2 Å². The van der Waals surface area contributed by atoms with Crippen molar-refractivity contribution in [3.63, 3.8) is 0 Å². The molecule has 0 radical (unpaired) electrons. The molecule has 0 bridgehead atoms. The molecule has 1 aromatic rings. The lowest BCUT2D eigenvalue weighted by Gasteiger charge is -2.24. The maximum atomic E-state index is 9.07. The zero-order chi connectivity index (χ0) is 11.3. The van der Waals surface area contributed by atoms with Gasteiger partial charge < -0.3 is 15.5 Å². The van der Waals surface area contributed by atoms with E-state index in [0.29, 0.717) is 13.1 Å². The van der Waals surface area contributed by atoms with Crippen LogP contribution in [0.25, 0.3) is 0 Å². The van der Waals surface area contributed by atoms with Gasteiger partial charge >= 0.3 is 0 Å². The molecule has 1 aromatic heterocycles. The molecule has 15 heavy (non-hydrogen) atoms. The number of aryl methyl sites for hydroxylation is 1. The summed E-state index contributed by atoms with van der Waals surface area (Å²) < 4.78 is 0. The van der Waals surface area contributed by atoms with Crippen LogP contribution in [0.5, 0.6) is 0 Å². The van der Waals surface area contributed by atoms with Gasteiger partial charge in [-0.15, -0.1) is 11.3 Å². The molecule has 0 unspecified atom stereocenters. The van der Waals surface area contributed by atoms with Gasteiger partial charge in [-0.3, -0.25) is 0 Å². The number of nitrogens with zero attached hydrogens (tertiary/aromatic N) is 1. The second-order valence-corrected chi connectivity index (χ2v) is 5.06. The van der Waals surface area contributed by atoms with Crippen LogP contribution in [0.2, 0.25) is 0 Å². The minimum Gasteiger partial charge on any atom is -0.396 e. The lowest BCUT2D eigenvalue weighted by atomic mass is 9.93. The summed E-state index contributed by atoms with van der Waals surface area (Å²) in [6, 6.07) is 0. The fourth-order valence-corrected chi connectivity index (χ4v) is 1.86. The molecule has 0 saturated heterocycles. The largest absolute Gasteiger partial charge is 0.396 e. The molecule has 0 amide bonds. The van der Waals surface area contributed by atoms with Gasteiger partial charge in [-0.05, 0) is 6.92 Å². The van der Waals surface area contributed by atoms with Crippen molar-refractivity contribution in [3.05, 3.63) is 16.1 Å². The molecule has 0 aromatic carbocycles. The van der Waals surface area contributed by atoms with E-state index in [0.717, 1.165) is 10.7 Å². The second-order valence-electron chi connectivity index (χ2n) is 4.11. The zero-order valence-corrected chi connectivity index (χ0v) is 9.97. The molecule has 5 heteroatoms. The number of rotatable bonds is 6. The van der Waals surface area contributed by atoms with Gasteiger partial charge in [0.05, 0.1) is 13.2 Å². The number of aliphatic hydroxyl groups is 2. The van der Waals surface area contributed by atoms with E-state index < -0.39 is 5.41 Å². The molecule has 0 atom stereocenters. The molecule has 86 valence electrons. The highest BCUT2D eigenvalue weighted by atomic mass is 32.1. The highest BCUT2D eigenvalue weighted by Crippen LogP contribution is 2.13. The first kappa shape index (κ1) is 12.6. The van der Waals surface area contributed by atoms with Gasteiger partial charge in [0.1, 0.15) is 5.01 Å². The predicted octanol–water partition coefficient (Wildman–Crippen LogP) is 0.532. The Labute approximate surface area is 94.0 Å². The van der Waals surface area contributed by atoms with Crippen molar-refractivity contribution in [2.75, 3.05) is 19.8 Å². The van der Waals surface area contributed by atoms with Gasteiger partial charge in [-0.1, -0.05) is 6.92 Å². The van der Waals surface area contributed by atoms with E-state index >= 15 is 0 Å². The number of hydrogen-bond donors (Lipinski definition) is 3. The highest BCUT2D eigenvalue weighted by Gasteiger charge is 2.21. The number of thiazole rings is 1. The summed E-state index contributed by atoms with van der Waals surface area (Å²) in [4.78, 5) is 4.31. The normalized spacial score (nSPS) is 12.0. The fraction of sp³-hybridized carbons (Fsp3) is 0.700. The van der Waals surface area contributed by atoms with Crippen molar-refractivity contribution in [3.8, 4) is 0 Å². The van der Waals surface area contributed by atoms with Crippen molar-refractivity contribution in [2.45, 2.75) is 20.4 Å². The van der Waals surface area contributed by atoms with E-state index in [2.05, 4.69) is 10.3 Å². The van der Waals surface area contributed by atoms with E-state index in [9.17, 15) is 0 Å². The van der Waals surface area contributed by atoms with Crippen LogP contribution in [0.3, 0.4) is 0 Å². The molecule has 1 heterocycles. The Morgan fingerprint density at radius 3 is 2.60 bits per heavy atom. The third-order valence-corrected chi connectivity index (χ3v) is 3.22. The molecule has 3 N–H and O–H groups in total. The minimum absolute atomic E-state index is 0.0204. The van der Waals surface area contributed by atoms with Gasteiger partial charge in [0, 0.05) is 29.6 Å². The smallest absolute Gasteiger partial charge is 0.107 e. The molecule has 0 aliphatic heterocycles. The quantitative estimate of drug-likeness (QED) is 0.667. The summed E-state index contributed by atoms with van der Waals surface area (Å²) in [7, 11) is 0. The van der Waals surface area contributed by atoms with Crippen LogP contribution in [0.1, 0.15) is 17.6 Å². The molecule has 0 aliphatic rings. The number of nitrogens with one attached hydrogen (secondary N) is 1.